The van der Waals surface area contributed by atoms with E-state index >= 15 is 0 Å². The van der Waals surface area contributed by atoms with Crippen molar-refractivity contribution in [3.8, 4) is 0 Å². The van der Waals surface area contributed by atoms with Crippen molar-refractivity contribution >= 4 is 66.7 Å². The zero-order valence-corrected chi connectivity index (χ0v) is 15.2. The van der Waals surface area contributed by atoms with Crippen LogP contribution in [0.2, 0.25) is 10.0 Å². The van der Waals surface area contributed by atoms with Crippen LogP contribution in [0.25, 0.3) is 0 Å². The highest BCUT2D eigenvalue weighted by molar-refractivity contribution is 9.10. The highest BCUT2D eigenvalue weighted by atomic mass is 79.9. The number of rotatable bonds is 4. The molecule has 0 aliphatic carbocycles. The van der Waals surface area contributed by atoms with Crippen LogP contribution in [0.1, 0.15) is 11.6 Å². The van der Waals surface area contributed by atoms with Crippen LogP contribution in [0.4, 0.5) is 5.69 Å². The highest BCUT2D eigenvalue weighted by Gasteiger charge is 2.19. The molecule has 0 heterocycles. The van der Waals surface area contributed by atoms with E-state index in [-0.39, 0.29) is 0 Å². The number of halogens is 4. The summed E-state index contributed by atoms with van der Waals surface area (Å²) >= 11 is 18.7. The van der Waals surface area contributed by atoms with Gasteiger partial charge >= 0.3 is 0 Å². The van der Waals surface area contributed by atoms with Crippen LogP contribution >= 0.6 is 55.1 Å². The second kappa shape index (κ2) is 7.01. The van der Waals surface area contributed by atoms with E-state index in [0.29, 0.717) is 21.3 Å². The first-order chi connectivity index (χ1) is 9.88. The van der Waals surface area contributed by atoms with E-state index in [4.69, 9.17) is 28.9 Å². The van der Waals surface area contributed by atoms with Gasteiger partial charge in [-0.1, -0.05) is 29.3 Å². The Bertz CT molecular complexity index is 695. The first kappa shape index (κ1) is 16.6. The molecular formula is C14H10Br2Cl2N2O. The number of hydrogen-bond donors (Lipinski definition) is 2. The van der Waals surface area contributed by atoms with Crippen LogP contribution < -0.4 is 11.1 Å². The SMILES string of the molecule is NC(=O)C(Nc1ccc(Cl)c(Br)c1)c1ccc(Br)c(Cl)c1. The molecule has 2 aromatic rings. The van der Waals surface area contributed by atoms with Gasteiger partial charge in [-0.25, -0.2) is 0 Å². The molecule has 0 saturated heterocycles. The monoisotopic (exact) mass is 450 g/mol. The Hall–Kier alpha value is -0.750. The number of carbonyl (C=O) groups is 1. The van der Waals surface area contributed by atoms with Crippen molar-refractivity contribution in [2.45, 2.75) is 6.04 Å². The number of primary amides is 1. The smallest absolute Gasteiger partial charge is 0.244 e. The molecule has 110 valence electrons. The molecule has 0 spiro atoms. The van der Waals surface area contributed by atoms with E-state index < -0.39 is 11.9 Å². The number of amides is 1. The maximum atomic E-state index is 11.7. The van der Waals surface area contributed by atoms with Gasteiger partial charge in [-0.05, 0) is 67.8 Å². The van der Waals surface area contributed by atoms with Gasteiger partial charge in [0.25, 0.3) is 0 Å². The Labute approximate surface area is 149 Å². The van der Waals surface area contributed by atoms with Crippen LogP contribution in [0, 0.1) is 0 Å². The van der Waals surface area contributed by atoms with Crippen molar-refractivity contribution in [1.82, 2.24) is 0 Å². The molecule has 3 N–H and O–H groups in total. The fraction of sp³-hybridized carbons (Fsp3) is 0.0714. The first-order valence-electron chi connectivity index (χ1n) is 5.84. The molecular weight excluding hydrogens is 443 g/mol. The normalized spacial score (nSPS) is 12.0. The van der Waals surface area contributed by atoms with Crippen LogP contribution in [0.3, 0.4) is 0 Å². The summed E-state index contributed by atoms with van der Waals surface area (Å²) in [6.45, 7) is 0. The standard InChI is InChI=1S/C14H10Br2Cl2N2O/c15-9-3-1-7(5-12(9)18)13(14(19)21)20-8-2-4-11(17)10(16)6-8/h1-6,13,20H,(H2,19,21). The quantitative estimate of drug-likeness (QED) is 0.673. The molecule has 0 aliphatic heterocycles. The topological polar surface area (TPSA) is 55.1 Å². The maximum absolute atomic E-state index is 11.7. The molecule has 21 heavy (non-hydrogen) atoms. The lowest BCUT2D eigenvalue weighted by Crippen LogP contribution is -2.27. The molecule has 1 unspecified atom stereocenters. The molecule has 2 aromatic carbocycles. The van der Waals surface area contributed by atoms with E-state index in [9.17, 15) is 4.79 Å². The van der Waals surface area contributed by atoms with Crippen LogP contribution in [-0.2, 0) is 4.79 Å². The third-order valence-electron chi connectivity index (χ3n) is 2.79. The Morgan fingerprint density at radius 1 is 1.05 bits per heavy atom. The van der Waals surface area contributed by atoms with Crippen molar-refractivity contribution in [2.24, 2.45) is 5.73 Å². The molecule has 2 rings (SSSR count). The zero-order chi connectivity index (χ0) is 15.6. The van der Waals surface area contributed by atoms with Crippen LogP contribution in [0.5, 0.6) is 0 Å². The van der Waals surface area contributed by atoms with E-state index in [1.807, 2.05) is 0 Å². The number of benzene rings is 2. The number of nitrogens with one attached hydrogen (secondary N) is 1. The molecule has 1 atom stereocenters. The number of nitrogens with two attached hydrogens (primary N) is 1. The lowest BCUT2D eigenvalue weighted by atomic mass is 10.1. The summed E-state index contributed by atoms with van der Waals surface area (Å²) in [5.41, 5.74) is 6.88. The van der Waals surface area contributed by atoms with Gasteiger partial charge in [-0.2, -0.15) is 0 Å². The zero-order valence-electron chi connectivity index (χ0n) is 10.5. The molecule has 0 aromatic heterocycles. The summed E-state index contributed by atoms with van der Waals surface area (Å²) in [6, 6.07) is 9.82. The van der Waals surface area contributed by atoms with Crippen molar-refractivity contribution in [3.63, 3.8) is 0 Å². The lowest BCUT2D eigenvalue weighted by molar-refractivity contribution is -0.118. The van der Waals surface area contributed by atoms with Gasteiger partial charge in [-0.3, -0.25) is 4.79 Å². The minimum Gasteiger partial charge on any atom is -0.370 e. The summed E-state index contributed by atoms with van der Waals surface area (Å²) < 4.78 is 1.48. The average molecular weight is 453 g/mol. The summed E-state index contributed by atoms with van der Waals surface area (Å²) in [5.74, 6) is -0.500. The molecule has 7 heteroatoms. The van der Waals surface area contributed by atoms with E-state index in [2.05, 4.69) is 37.2 Å². The Kier molecular flexibility index (Phi) is 5.54. The minimum absolute atomic E-state index is 0.500. The highest BCUT2D eigenvalue weighted by Crippen LogP contribution is 2.30. The average Bonchev–Trinajstić information content (AvgIpc) is 2.43. The minimum atomic E-state index is -0.691. The first-order valence-corrected chi connectivity index (χ1v) is 8.18. The fourth-order valence-corrected chi connectivity index (χ4v) is 2.70. The predicted octanol–water partition coefficient (Wildman–Crippen LogP) is 5.16. The summed E-state index contributed by atoms with van der Waals surface area (Å²) in [6.07, 6.45) is 0. The molecule has 0 saturated carbocycles. The van der Waals surface area contributed by atoms with Crippen molar-refractivity contribution < 1.29 is 4.79 Å². The number of carbonyl (C=O) groups excluding carboxylic acids is 1. The van der Waals surface area contributed by atoms with Gasteiger partial charge in [-0.15, -0.1) is 0 Å². The Morgan fingerprint density at radius 3 is 2.33 bits per heavy atom. The van der Waals surface area contributed by atoms with Gasteiger partial charge in [0.1, 0.15) is 6.04 Å². The summed E-state index contributed by atoms with van der Waals surface area (Å²) in [7, 11) is 0. The van der Waals surface area contributed by atoms with Crippen LogP contribution in [-0.4, -0.2) is 5.91 Å². The van der Waals surface area contributed by atoms with Gasteiger partial charge in [0.2, 0.25) is 5.91 Å². The summed E-state index contributed by atoms with van der Waals surface area (Å²) in [4.78, 5) is 11.7. The fourth-order valence-electron chi connectivity index (χ4n) is 1.76. The third kappa shape index (κ3) is 4.13. The second-order valence-corrected chi connectivity index (χ2v) is 6.81. The second-order valence-electron chi connectivity index (χ2n) is 4.28. The van der Waals surface area contributed by atoms with Crippen molar-refractivity contribution in [2.75, 3.05) is 5.32 Å². The van der Waals surface area contributed by atoms with E-state index in [0.717, 1.165) is 8.95 Å². The molecule has 0 radical (unpaired) electrons. The maximum Gasteiger partial charge on any atom is 0.244 e. The van der Waals surface area contributed by atoms with Gasteiger partial charge in [0.15, 0.2) is 0 Å². The number of hydrogen-bond acceptors (Lipinski definition) is 2. The molecule has 3 nitrogen and oxygen atoms in total. The largest absolute Gasteiger partial charge is 0.370 e. The Morgan fingerprint density at radius 2 is 1.76 bits per heavy atom. The van der Waals surface area contributed by atoms with E-state index in [1.54, 1.807) is 36.4 Å². The van der Waals surface area contributed by atoms with E-state index in [1.165, 1.54) is 0 Å². The van der Waals surface area contributed by atoms with Gasteiger partial charge in [0, 0.05) is 14.6 Å². The molecule has 0 fully saturated rings. The third-order valence-corrected chi connectivity index (χ3v) is 5.24. The molecule has 1 amide bonds. The lowest BCUT2D eigenvalue weighted by Gasteiger charge is -2.18. The van der Waals surface area contributed by atoms with Gasteiger partial charge in [0.05, 0.1) is 10.0 Å². The van der Waals surface area contributed by atoms with Crippen LogP contribution in [0.15, 0.2) is 45.3 Å². The van der Waals surface area contributed by atoms with Gasteiger partial charge < -0.3 is 11.1 Å². The number of anilines is 1. The van der Waals surface area contributed by atoms with Crippen molar-refractivity contribution in [1.29, 1.82) is 0 Å². The predicted molar refractivity (Wildman–Crippen MR) is 93.9 cm³/mol. The molecule has 0 aliphatic rings. The van der Waals surface area contributed by atoms with Crippen molar-refractivity contribution in [3.05, 3.63) is 61.0 Å². The molecule has 0 bridgehead atoms. The summed E-state index contributed by atoms with van der Waals surface area (Å²) in [5, 5.41) is 4.17. The Balaban J connectivity index is 2.32.